The Morgan fingerprint density at radius 1 is 1.40 bits per heavy atom. The number of ether oxygens (including phenoxy) is 2. The van der Waals surface area contributed by atoms with Crippen molar-refractivity contribution in [3.05, 3.63) is 23.8 Å². The third-order valence-corrected chi connectivity index (χ3v) is 3.61. The van der Waals surface area contributed by atoms with Crippen LogP contribution in [0.3, 0.4) is 0 Å². The predicted octanol–water partition coefficient (Wildman–Crippen LogP) is 1.69. The van der Waals surface area contributed by atoms with Crippen LogP contribution in [0.25, 0.3) is 0 Å². The van der Waals surface area contributed by atoms with E-state index in [-0.39, 0.29) is 0 Å². The summed E-state index contributed by atoms with van der Waals surface area (Å²) in [5.74, 6) is 5.57. The third kappa shape index (κ3) is 5.33. The molecule has 0 aromatic heterocycles. The van der Waals surface area contributed by atoms with Crippen molar-refractivity contribution in [1.29, 1.82) is 0 Å². The maximum absolute atomic E-state index is 10.2. The molecular weight excluding hydrogens is 274 g/mol. The number of aliphatic hydroxyl groups is 1. The molecule has 0 bridgehead atoms. The molecule has 0 heterocycles. The Morgan fingerprint density at radius 2 is 2.20 bits per heavy atom. The van der Waals surface area contributed by atoms with Gasteiger partial charge in [0, 0.05) is 24.4 Å². The highest BCUT2D eigenvalue weighted by Gasteiger charge is 2.14. The number of nitrogens with one attached hydrogen (secondary N) is 1. The maximum Gasteiger partial charge on any atom is 0.124 e. The summed E-state index contributed by atoms with van der Waals surface area (Å²) in [6.45, 7) is 1.26. The van der Waals surface area contributed by atoms with Crippen molar-refractivity contribution in [2.24, 2.45) is 0 Å². The Kier molecular flexibility index (Phi) is 7.97. The summed E-state index contributed by atoms with van der Waals surface area (Å²) < 4.78 is 10.4. The first kappa shape index (κ1) is 16.7. The van der Waals surface area contributed by atoms with Crippen molar-refractivity contribution in [2.75, 3.05) is 38.8 Å². The molecule has 4 nitrogen and oxygen atoms in total. The molecule has 110 valence electrons. The quantitative estimate of drug-likeness (QED) is 0.536. The van der Waals surface area contributed by atoms with E-state index in [0.717, 1.165) is 17.9 Å². The first-order valence-electron chi connectivity index (χ1n) is 6.34. The standard InChI is InChI=1S/C15H21NO3S/c1-4-8-20-9-7-16-11-14(17)13-10-12(18-2)5-6-15(13)19-3/h1,5-6,10,14,16-17H,7-9,11H2,2-3H3. The van der Waals surface area contributed by atoms with Gasteiger partial charge >= 0.3 is 0 Å². The Morgan fingerprint density at radius 3 is 2.85 bits per heavy atom. The van der Waals surface area contributed by atoms with Gasteiger partial charge in [-0.15, -0.1) is 18.2 Å². The van der Waals surface area contributed by atoms with Crippen LogP contribution >= 0.6 is 11.8 Å². The summed E-state index contributed by atoms with van der Waals surface area (Å²) >= 11 is 1.69. The Labute approximate surface area is 124 Å². The maximum atomic E-state index is 10.2. The summed E-state index contributed by atoms with van der Waals surface area (Å²) in [6.07, 6.45) is 4.53. The van der Waals surface area contributed by atoms with E-state index >= 15 is 0 Å². The minimum atomic E-state index is -0.641. The van der Waals surface area contributed by atoms with E-state index in [1.165, 1.54) is 0 Å². The average molecular weight is 295 g/mol. The topological polar surface area (TPSA) is 50.7 Å². The van der Waals surface area contributed by atoms with Gasteiger partial charge in [-0.1, -0.05) is 5.92 Å². The molecule has 0 saturated carbocycles. The lowest BCUT2D eigenvalue weighted by Crippen LogP contribution is -2.24. The first-order valence-corrected chi connectivity index (χ1v) is 7.50. The Balaban J connectivity index is 2.49. The van der Waals surface area contributed by atoms with Crippen molar-refractivity contribution in [3.8, 4) is 23.8 Å². The van der Waals surface area contributed by atoms with Crippen LogP contribution in [0.1, 0.15) is 11.7 Å². The van der Waals surface area contributed by atoms with E-state index in [1.54, 1.807) is 44.2 Å². The second-order valence-corrected chi connectivity index (χ2v) is 5.19. The number of terminal acetylenes is 1. The molecule has 0 aliphatic rings. The zero-order valence-electron chi connectivity index (χ0n) is 11.9. The molecule has 1 rings (SSSR count). The van der Waals surface area contributed by atoms with Crippen LogP contribution in [0.5, 0.6) is 11.5 Å². The number of hydrogen-bond acceptors (Lipinski definition) is 5. The van der Waals surface area contributed by atoms with E-state index in [1.807, 2.05) is 0 Å². The van der Waals surface area contributed by atoms with Crippen LogP contribution in [0.2, 0.25) is 0 Å². The summed E-state index contributed by atoms with van der Waals surface area (Å²) in [5.41, 5.74) is 0.718. The van der Waals surface area contributed by atoms with Gasteiger partial charge in [0.05, 0.1) is 26.1 Å². The first-order chi connectivity index (χ1) is 9.72. The van der Waals surface area contributed by atoms with Gasteiger partial charge < -0.3 is 19.9 Å². The molecular formula is C15H21NO3S. The zero-order chi connectivity index (χ0) is 14.8. The lowest BCUT2D eigenvalue weighted by atomic mass is 10.1. The van der Waals surface area contributed by atoms with Gasteiger partial charge in [-0.3, -0.25) is 0 Å². The minimum absolute atomic E-state index is 0.458. The summed E-state index contributed by atoms with van der Waals surface area (Å²) in [7, 11) is 3.18. The van der Waals surface area contributed by atoms with E-state index in [4.69, 9.17) is 15.9 Å². The molecule has 0 fully saturated rings. The molecule has 0 spiro atoms. The molecule has 0 saturated heterocycles. The smallest absolute Gasteiger partial charge is 0.124 e. The number of rotatable bonds is 9. The Bertz CT molecular complexity index is 445. The fourth-order valence-corrected chi connectivity index (χ4v) is 2.27. The number of benzene rings is 1. The Hall–Kier alpha value is -1.35. The molecule has 0 aliphatic carbocycles. The predicted molar refractivity (Wildman–Crippen MR) is 83.5 cm³/mol. The molecule has 1 aromatic carbocycles. The number of methoxy groups -OCH3 is 2. The van der Waals surface area contributed by atoms with Crippen molar-refractivity contribution in [1.82, 2.24) is 5.32 Å². The highest BCUT2D eigenvalue weighted by atomic mass is 32.2. The van der Waals surface area contributed by atoms with Crippen LogP contribution in [0.4, 0.5) is 0 Å². The van der Waals surface area contributed by atoms with Crippen LogP contribution in [-0.4, -0.2) is 43.9 Å². The van der Waals surface area contributed by atoms with Crippen LogP contribution in [-0.2, 0) is 0 Å². The van der Waals surface area contributed by atoms with E-state index in [9.17, 15) is 5.11 Å². The van der Waals surface area contributed by atoms with Gasteiger partial charge in [0.15, 0.2) is 0 Å². The van der Waals surface area contributed by atoms with Crippen molar-refractivity contribution in [2.45, 2.75) is 6.10 Å². The van der Waals surface area contributed by atoms with Gasteiger partial charge in [0.2, 0.25) is 0 Å². The third-order valence-electron chi connectivity index (χ3n) is 2.74. The largest absolute Gasteiger partial charge is 0.497 e. The zero-order valence-corrected chi connectivity index (χ0v) is 12.7. The fraction of sp³-hybridized carbons (Fsp3) is 0.467. The van der Waals surface area contributed by atoms with Crippen molar-refractivity contribution >= 4 is 11.8 Å². The second kappa shape index (κ2) is 9.54. The summed E-state index contributed by atoms with van der Waals surface area (Å²) in [4.78, 5) is 0. The van der Waals surface area contributed by atoms with E-state index < -0.39 is 6.10 Å². The van der Waals surface area contributed by atoms with Crippen LogP contribution in [0, 0.1) is 12.3 Å². The minimum Gasteiger partial charge on any atom is -0.497 e. The SMILES string of the molecule is C#CCSCCNCC(O)c1cc(OC)ccc1OC. The van der Waals surface area contributed by atoms with E-state index in [0.29, 0.717) is 23.8 Å². The molecule has 1 atom stereocenters. The molecule has 1 aromatic rings. The summed E-state index contributed by atoms with van der Waals surface area (Å²) in [5, 5.41) is 13.4. The van der Waals surface area contributed by atoms with Crippen molar-refractivity contribution < 1.29 is 14.6 Å². The normalized spacial score (nSPS) is 11.7. The van der Waals surface area contributed by atoms with Gasteiger partial charge in [0.1, 0.15) is 11.5 Å². The van der Waals surface area contributed by atoms with E-state index in [2.05, 4.69) is 11.2 Å². The highest BCUT2D eigenvalue weighted by Crippen LogP contribution is 2.28. The molecule has 5 heteroatoms. The van der Waals surface area contributed by atoms with Gasteiger partial charge in [0.25, 0.3) is 0 Å². The second-order valence-electron chi connectivity index (χ2n) is 4.08. The van der Waals surface area contributed by atoms with Crippen LogP contribution < -0.4 is 14.8 Å². The lowest BCUT2D eigenvalue weighted by Gasteiger charge is -2.16. The van der Waals surface area contributed by atoms with Crippen LogP contribution in [0.15, 0.2) is 18.2 Å². The fourth-order valence-electron chi connectivity index (χ4n) is 1.72. The summed E-state index contributed by atoms with van der Waals surface area (Å²) in [6, 6.07) is 5.39. The average Bonchev–Trinajstić information content (AvgIpc) is 2.49. The van der Waals surface area contributed by atoms with Gasteiger partial charge in [-0.25, -0.2) is 0 Å². The monoisotopic (exact) mass is 295 g/mol. The molecule has 0 radical (unpaired) electrons. The highest BCUT2D eigenvalue weighted by molar-refractivity contribution is 7.99. The number of aliphatic hydroxyl groups excluding tert-OH is 1. The molecule has 20 heavy (non-hydrogen) atoms. The van der Waals surface area contributed by atoms with Gasteiger partial charge in [-0.2, -0.15) is 0 Å². The molecule has 0 aliphatic heterocycles. The molecule has 0 amide bonds. The van der Waals surface area contributed by atoms with Gasteiger partial charge in [-0.05, 0) is 18.2 Å². The lowest BCUT2D eigenvalue weighted by molar-refractivity contribution is 0.171. The number of thioether (sulfide) groups is 1. The molecule has 2 N–H and O–H groups in total. The molecule has 1 unspecified atom stereocenters. The van der Waals surface area contributed by atoms with Crippen molar-refractivity contribution in [3.63, 3.8) is 0 Å². The number of hydrogen-bond donors (Lipinski definition) is 2.